The van der Waals surface area contributed by atoms with Crippen molar-refractivity contribution in [1.82, 2.24) is 0 Å². The maximum Gasteiger partial charge on any atom is 0.383 e. The highest BCUT2D eigenvalue weighted by Gasteiger charge is 2.33. The van der Waals surface area contributed by atoms with Gasteiger partial charge < -0.3 is 4.74 Å². The summed E-state index contributed by atoms with van der Waals surface area (Å²) in [6.07, 6.45) is 17.3. The fraction of sp³-hybridized carbons (Fsp3) is 0.611. The SMILES string of the molecule is C=C[C@H]1CC[C@H](c2ccc(C(F)(F)OCCc3ccc([C@H]4CC[C@H](CCCCCCC)CC4)cc3)cc2)CC1. The third-order valence-corrected chi connectivity index (χ3v) is 9.51. The van der Waals surface area contributed by atoms with Crippen LogP contribution >= 0.6 is 0 Å². The maximum absolute atomic E-state index is 14.8. The van der Waals surface area contributed by atoms with Gasteiger partial charge in [-0.3, -0.25) is 0 Å². The Hall–Kier alpha value is -2.00. The highest BCUT2D eigenvalue weighted by Crippen LogP contribution is 2.39. The molecule has 0 spiro atoms. The molecule has 0 aliphatic heterocycles. The summed E-state index contributed by atoms with van der Waals surface area (Å²) in [6.45, 7) is 6.18. The summed E-state index contributed by atoms with van der Waals surface area (Å²) in [6, 6.07) is 15.5. The first-order valence-corrected chi connectivity index (χ1v) is 15.8. The summed E-state index contributed by atoms with van der Waals surface area (Å²) in [5, 5.41) is 0. The van der Waals surface area contributed by atoms with Crippen LogP contribution in [0.3, 0.4) is 0 Å². The lowest BCUT2D eigenvalue weighted by atomic mass is 9.77. The van der Waals surface area contributed by atoms with Crippen molar-refractivity contribution < 1.29 is 13.5 Å². The predicted octanol–water partition coefficient (Wildman–Crippen LogP) is 11.1. The minimum Gasteiger partial charge on any atom is -0.316 e. The van der Waals surface area contributed by atoms with Crippen LogP contribution in [-0.2, 0) is 17.3 Å². The van der Waals surface area contributed by atoms with Crippen LogP contribution in [0.4, 0.5) is 8.78 Å². The largest absolute Gasteiger partial charge is 0.383 e. The number of halogens is 2. The summed E-state index contributed by atoms with van der Waals surface area (Å²) in [5.74, 6) is 2.62. The lowest BCUT2D eigenvalue weighted by Gasteiger charge is -2.29. The molecule has 0 unspecified atom stereocenters. The van der Waals surface area contributed by atoms with Crippen LogP contribution in [0.1, 0.15) is 131 Å². The molecule has 214 valence electrons. The van der Waals surface area contributed by atoms with Crippen LogP contribution in [0, 0.1) is 11.8 Å². The molecule has 0 aromatic heterocycles. The van der Waals surface area contributed by atoms with Gasteiger partial charge in [0.25, 0.3) is 0 Å². The van der Waals surface area contributed by atoms with E-state index in [4.69, 9.17) is 4.74 Å². The molecule has 0 radical (unpaired) electrons. The first-order valence-electron chi connectivity index (χ1n) is 15.8. The quantitative estimate of drug-likeness (QED) is 0.172. The fourth-order valence-corrected chi connectivity index (χ4v) is 6.80. The van der Waals surface area contributed by atoms with Gasteiger partial charge in [0.15, 0.2) is 0 Å². The number of hydrogen-bond acceptors (Lipinski definition) is 1. The van der Waals surface area contributed by atoms with E-state index in [1.165, 1.54) is 69.8 Å². The van der Waals surface area contributed by atoms with Crippen molar-refractivity contribution in [2.75, 3.05) is 6.61 Å². The average Bonchev–Trinajstić information content (AvgIpc) is 2.98. The van der Waals surface area contributed by atoms with Gasteiger partial charge in [0, 0.05) is 0 Å². The van der Waals surface area contributed by atoms with Crippen LogP contribution in [0.25, 0.3) is 0 Å². The molecule has 2 aromatic carbocycles. The summed E-state index contributed by atoms with van der Waals surface area (Å²) in [4.78, 5) is 0. The zero-order valence-corrected chi connectivity index (χ0v) is 24.2. The zero-order valence-electron chi connectivity index (χ0n) is 24.2. The molecule has 0 saturated heterocycles. The number of benzene rings is 2. The van der Waals surface area contributed by atoms with E-state index in [-0.39, 0.29) is 12.2 Å². The molecule has 2 aliphatic carbocycles. The predicted molar refractivity (Wildman–Crippen MR) is 159 cm³/mol. The van der Waals surface area contributed by atoms with Gasteiger partial charge in [-0.2, -0.15) is 8.78 Å². The smallest absolute Gasteiger partial charge is 0.316 e. The lowest BCUT2D eigenvalue weighted by Crippen LogP contribution is -2.20. The van der Waals surface area contributed by atoms with Gasteiger partial charge in [0.05, 0.1) is 12.2 Å². The minimum absolute atomic E-state index is 0.00301. The van der Waals surface area contributed by atoms with E-state index in [9.17, 15) is 8.78 Å². The van der Waals surface area contributed by atoms with E-state index in [1.807, 2.05) is 18.2 Å². The van der Waals surface area contributed by atoms with Gasteiger partial charge in [0.1, 0.15) is 0 Å². The topological polar surface area (TPSA) is 9.23 Å². The standard InChI is InChI=1S/C36H50F2O/c1-3-5-6-7-8-9-29-12-18-32(19-13-29)33-20-14-30(15-21-33)26-27-39-36(37,38)35-24-22-34(23-25-35)31-16-10-28(4-2)11-17-31/h4,14-15,20-25,28-29,31-32H,2-3,5-13,16-19,26-27H2,1H3/t28-,29-,31-,32-. The molecule has 2 fully saturated rings. The van der Waals surface area contributed by atoms with E-state index in [1.54, 1.807) is 12.1 Å². The first kappa shape index (κ1) is 30.0. The Morgan fingerprint density at radius 3 is 1.92 bits per heavy atom. The summed E-state index contributed by atoms with van der Waals surface area (Å²) >= 11 is 0. The molecule has 2 aliphatic rings. The monoisotopic (exact) mass is 536 g/mol. The number of alkyl halides is 2. The lowest BCUT2D eigenvalue weighted by molar-refractivity contribution is -0.248. The van der Waals surface area contributed by atoms with Crippen molar-refractivity contribution in [2.45, 2.75) is 121 Å². The third kappa shape index (κ3) is 9.00. The van der Waals surface area contributed by atoms with Crippen LogP contribution in [-0.4, -0.2) is 6.61 Å². The van der Waals surface area contributed by atoms with E-state index in [0.717, 1.165) is 42.7 Å². The summed E-state index contributed by atoms with van der Waals surface area (Å²) in [7, 11) is 0. The van der Waals surface area contributed by atoms with E-state index in [2.05, 4.69) is 37.8 Å². The first-order chi connectivity index (χ1) is 19.0. The summed E-state index contributed by atoms with van der Waals surface area (Å²) < 4.78 is 34.6. The molecule has 0 bridgehead atoms. The number of unbranched alkanes of at least 4 members (excludes halogenated alkanes) is 4. The second-order valence-electron chi connectivity index (χ2n) is 12.2. The van der Waals surface area contributed by atoms with Gasteiger partial charge in [0.2, 0.25) is 0 Å². The minimum atomic E-state index is -3.27. The van der Waals surface area contributed by atoms with Crippen LogP contribution < -0.4 is 0 Å². The normalized spacial score (nSPS) is 24.0. The van der Waals surface area contributed by atoms with Crippen molar-refractivity contribution in [3.63, 3.8) is 0 Å². The number of allylic oxidation sites excluding steroid dienone is 1. The van der Waals surface area contributed by atoms with Gasteiger partial charge in [-0.1, -0.05) is 100 Å². The zero-order chi connectivity index (χ0) is 27.5. The van der Waals surface area contributed by atoms with Crippen LogP contribution in [0.5, 0.6) is 0 Å². The molecule has 2 aromatic rings. The molecular weight excluding hydrogens is 486 g/mol. The van der Waals surface area contributed by atoms with E-state index < -0.39 is 6.11 Å². The van der Waals surface area contributed by atoms with Crippen molar-refractivity contribution in [3.05, 3.63) is 83.4 Å². The average molecular weight is 537 g/mol. The highest BCUT2D eigenvalue weighted by atomic mass is 19.3. The Morgan fingerprint density at radius 2 is 1.33 bits per heavy atom. The van der Waals surface area contributed by atoms with Gasteiger partial charge in [-0.15, -0.1) is 6.58 Å². The number of ether oxygens (including phenoxy) is 1. The molecule has 4 rings (SSSR count). The second kappa shape index (κ2) is 15.1. The van der Waals surface area contributed by atoms with Crippen LogP contribution in [0.15, 0.2) is 61.2 Å². The molecule has 2 saturated carbocycles. The molecule has 0 N–H and O–H groups in total. The number of hydrogen-bond donors (Lipinski definition) is 0. The maximum atomic E-state index is 14.8. The Labute approximate surface area is 236 Å². The van der Waals surface area contributed by atoms with E-state index in [0.29, 0.717) is 24.2 Å². The van der Waals surface area contributed by atoms with E-state index >= 15 is 0 Å². The van der Waals surface area contributed by atoms with Gasteiger partial charge in [-0.25, -0.2) is 0 Å². The second-order valence-corrected chi connectivity index (χ2v) is 12.2. The Kier molecular flexibility index (Phi) is 11.6. The van der Waals surface area contributed by atoms with Crippen LogP contribution in [0.2, 0.25) is 0 Å². The van der Waals surface area contributed by atoms with Crippen molar-refractivity contribution in [1.29, 1.82) is 0 Å². The van der Waals surface area contributed by atoms with Crippen molar-refractivity contribution >= 4 is 0 Å². The third-order valence-electron chi connectivity index (χ3n) is 9.51. The Morgan fingerprint density at radius 1 is 0.769 bits per heavy atom. The Balaban J connectivity index is 1.17. The molecule has 3 heteroatoms. The molecule has 0 atom stereocenters. The Bertz CT molecular complexity index is 964. The summed E-state index contributed by atoms with van der Waals surface area (Å²) in [5.41, 5.74) is 3.57. The fourth-order valence-electron chi connectivity index (χ4n) is 6.80. The molecule has 0 heterocycles. The molecular formula is C36H50F2O. The van der Waals surface area contributed by atoms with Gasteiger partial charge in [-0.05, 0) is 98.1 Å². The number of rotatable bonds is 14. The molecule has 0 amide bonds. The van der Waals surface area contributed by atoms with Gasteiger partial charge >= 0.3 is 6.11 Å². The molecule has 39 heavy (non-hydrogen) atoms. The molecule has 1 nitrogen and oxygen atoms in total. The highest BCUT2D eigenvalue weighted by molar-refractivity contribution is 5.28. The van der Waals surface area contributed by atoms with Crippen molar-refractivity contribution in [2.24, 2.45) is 11.8 Å². The van der Waals surface area contributed by atoms with Crippen molar-refractivity contribution in [3.8, 4) is 0 Å².